The number of thioether (sulfide) groups is 1. The summed E-state index contributed by atoms with van der Waals surface area (Å²) in [5.74, 6) is -0.0435. The zero-order chi connectivity index (χ0) is 17.9. The van der Waals surface area contributed by atoms with E-state index in [0.717, 1.165) is 26.8 Å². The van der Waals surface area contributed by atoms with Crippen molar-refractivity contribution in [1.82, 2.24) is 5.32 Å². The molecular formula is C20H18ClNOS2. The molecule has 128 valence electrons. The number of hydrogen-bond acceptors (Lipinski definition) is 3. The van der Waals surface area contributed by atoms with Gasteiger partial charge >= 0.3 is 0 Å². The minimum absolute atomic E-state index is 0.0435. The molecule has 1 amide bonds. The summed E-state index contributed by atoms with van der Waals surface area (Å²) in [7, 11) is 0. The fraction of sp³-hybridized carbons (Fsp3) is 0.150. The van der Waals surface area contributed by atoms with Crippen molar-refractivity contribution in [3.63, 3.8) is 0 Å². The van der Waals surface area contributed by atoms with Crippen molar-refractivity contribution in [3.05, 3.63) is 76.7 Å². The number of halogens is 1. The van der Waals surface area contributed by atoms with E-state index in [-0.39, 0.29) is 5.91 Å². The maximum absolute atomic E-state index is 12.3. The summed E-state index contributed by atoms with van der Waals surface area (Å²) in [5, 5.41) is 3.75. The van der Waals surface area contributed by atoms with Crippen LogP contribution in [-0.4, -0.2) is 10.8 Å². The first-order valence-electron chi connectivity index (χ1n) is 7.94. The smallest absolute Gasteiger partial charge is 0.259 e. The first-order valence-corrected chi connectivity index (χ1v) is 9.95. The van der Waals surface area contributed by atoms with Gasteiger partial charge in [0.15, 0.2) is 0 Å². The van der Waals surface area contributed by atoms with Crippen molar-refractivity contribution in [2.75, 3.05) is 0 Å². The summed E-state index contributed by atoms with van der Waals surface area (Å²) in [6.45, 7) is 5.91. The molecule has 0 aliphatic carbocycles. The lowest BCUT2D eigenvalue weighted by molar-refractivity contribution is -0.116. The zero-order valence-corrected chi connectivity index (χ0v) is 16.2. The van der Waals surface area contributed by atoms with Crippen molar-refractivity contribution >= 4 is 47.1 Å². The number of carbonyl (C=O) groups excluding carboxylic acids is 1. The molecule has 2 nitrogen and oxygen atoms in total. The molecule has 0 saturated carbocycles. The molecule has 1 saturated heterocycles. The monoisotopic (exact) mass is 387 g/mol. The van der Waals surface area contributed by atoms with Crippen LogP contribution >= 0.6 is 35.1 Å². The maximum Gasteiger partial charge on any atom is 0.259 e. The molecule has 0 aromatic heterocycles. The van der Waals surface area contributed by atoms with Crippen molar-refractivity contribution in [2.45, 2.75) is 28.0 Å². The van der Waals surface area contributed by atoms with Gasteiger partial charge in [0, 0.05) is 14.8 Å². The highest BCUT2D eigenvalue weighted by atomic mass is 35.5. The van der Waals surface area contributed by atoms with Crippen LogP contribution in [0.2, 0.25) is 5.02 Å². The number of hydrogen-bond donors (Lipinski definition) is 1. The van der Waals surface area contributed by atoms with E-state index in [1.54, 1.807) is 11.8 Å². The third-order valence-electron chi connectivity index (χ3n) is 3.94. The molecule has 1 heterocycles. The van der Waals surface area contributed by atoms with Crippen molar-refractivity contribution < 1.29 is 4.79 Å². The van der Waals surface area contributed by atoms with E-state index in [0.29, 0.717) is 4.91 Å². The second-order valence-electron chi connectivity index (χ2n) is 5.61. The maximum atomic E-state index is 12.3. The van der Waals surface area contributed by atoms with E-state index in [4.69, 9.17) is 11.6 Å². The number of rotatable bonds is 5. The van der Waals surface area contributed by atoms with Crippen molar-refractivity contribution in [3.8, 4) is 0 Å². The standard InChI is InChI=1S/C20H18ClNOS2/c1-3-20(4-2)22-19(23)18(25-20)13-14-7-5-6-8-17(14)24-16-11-9-15(21)10-12-16/h3,5-13H,1,4H2,2H3,(H,22,23). The van der Waals surface area contributed by atoms with E-state index in [2.05, 4.69) is 18.0 Å². The summed E-state index contributed by atoms with van der Waals surface area (Å²) in [6, 6.07) is 15.8. The predicted molar refractivity (Wildman–Crippen MR) is 109 cm³/mol. The van der Waals surface area contributed by atoms with Gasteiger partial charge in [-0.25, -0.2) is 0 Å². The van der Waals surface area contributed by atoms with Crippen LogP contribution in [0.3, 0.4) is 0 Å². The van der Waals surface area contributed by atoms with Gasteiger partial charge in [-0.1, -0.05) is 72.9 Å². The van der Waals surface area contributed by atoms with Crippen LogP contribution in [-0.2, 0) is 4.79 Å². The molecule has 5 heteroatoms. The number of amides is 1. The molecule has 0 radical (unpaired) electrons. The number of benzene rings is 2. The summed E-state index contributed by atoms with van der Waals surface area (Å²) in [4.78, 5) is 14.9. The Hall–Kier alpha value is -1.62. The van der Waals surface area contributed by atoms with Gasteiger partial charge in [0.2, 0.25) is 0 Å². The van der Waals surface area contributed by atoms with Gasteiger partial charge in [0.25, 0.3) is 5.91 Å². The lowest BCUT2D eigenvalue weighted by atomic mass is 10.2. The van der Waals surface area contributed by atoms with E-state index >= 15 is 0 Å². The molecule has 2 aromatic carbocycles. The molecule has 1 aliphatic rings. The molecular weight excluding hydrogens is 370 g/mol. The molecule has 0 bridgehead atoms. The summed E-state index contributed by atoms with van der Waals surface area (Å²) < 4.78 is 0. The molecule has 0 spiro atoms. The average Bonchev–Trinajstić information content (AvgIpc) is 2.95. The van der Waals surface area contributed by atoms with Crippen LogP contribution in [0.4, 0.5) is 0 Å². The summed E-state index contributed by atoms with van der Waals surface area (Å²) in [5.41, 5.74) is 1.02. The third kappa shape index (κ3) is 4.14. The second kappa shape index (κ2) is 7.73. The van der Waals surface area contributed by atoms with Crippen LogP contribution in [0.15, 0.2) is 75.9 Å². The van der Waals surface area contributed by atoms with Crippen molar-refractivity contribution in [2.24, 2.45) is 0 Å². The largest absolute Gasteiger partial charge is 0.333 e. The fourth-order valence-corrected chi connectivity index (χ4v) is 4.61. The number of nitrogens with one attached hydrogen (secondary N) is 1. The van der Waals surface area contributed by atoms with Gasteiger partial charge in [0.1, 0.15) is 4.87 Å². The molecule has 1 N–H and O–H groups in total. The van der Waals surface area contributed by atoms with Crippen LogP contribution in [0.5, 0.6) is 0 Å². The predicted octanol–water partition coefficient (Wildman–Crippen LogP) is 5.99. The Kier molecular flexibility index (Phi) is 5.62. The fourth-order valence-electron chi connectivity index (χ4n) is 2.48. The van der Waals surface area contributed by atoms with Gasteiger partial charge in [0.05, 0.1) is 4.91 Å². The highest BCUT2D eigenvalue weighted by Crippen LogP contribution is 2.42. The van der Waals surface area contributed by atoms with E-state index < -0.39 is 4.87 Å². The Labute approximate surface area is 161 Å². The Balaban J connectivity index is 1.90. The highest BCUT2D eigenvalue weighted by Gasteiger charge is 2.37. The van der Waals surface area contributed by atoms with E-state index in [9.17, 15) is 4.79 Å². The normalized spacial score (nSPS) is 21.4. The zero-order valence-electron chi connectivity index (χ0n) is 13.8. The molecule has 2 aromatic rings. The molecule has 25 heavy (non-hydrogen) atoms. The molecule has 1 fully saturated rings. The SMILES string of the molecule is C=CC1(CC)NC(=O)C(=Cc2ccccc2Sc2ccc(Cl)cc2)S1. The van der Waals surface area contributed by atoms with Gasteiger partial charge in [-0.15, -0.1) is 0 Å². The van der Waals surface area contributed by atoms with Crippen LogP contribution in [0, 0.1) is 0 Å². The molecule has 3 rings (SSSR count). The van der Waals surface area contributed by atoms with Crippen LogP contribution < -0.4 is 5.32 Å². The summed E-state index contributed by atoms with van der Waals surface area (Å²) in [6.07, 6.45) is 4.56. The van der Waals surface area contributed by atoms with Crippen LogP contribution in [0.25, 0.3) is 6.08 Å². The van der Waals surface area contributed by atoms with Gasteiger partial charge in [-0.05, 0) is 48.4 Å². The third-order valence-corrected chi connectivity index (χ3v) is 6.74. The molecule has 1 unspecified atom stereocenters. The quantitative estimate of drug-likeness (QED) is 0.504. The average molecular weight is 388 g/mol. The van der Waals surface area contributed by atoms with Gasteiger partial charge in [-0.2, -0.15) is 0 Å². The minimum Gasteiger partial charge on any atom is -0.333 e. The van der Waals surface area contributed by atoms with E-state index in [1.807, 2.05) is 61.5 Å². The Bertz CT molecular complexity index is 832. The molecule has 1 atom stereocenters. The highest BCUT2D eigenvalue weighted by molar-refractivity contribution is 8.06. The Morgan fingerprint density at radius 3 is 2.60 bits per heavy atom. The van der Waals surface area contributed by atoms with E-state index in [1.165, 1.54) is 11.8 Å². The lowest BCUT2D eigenvalue weighted by Crippen LogP contribution is -2.36. The first kappa shape index (κ1) is 18.2. The lowest BCUT2D eigenvalue weighted by Gasteiger charge is -2.20. The number of carbonyl (C=O) groups is 1. The van der Waals surface area contributed by atoms with Gasteiger partial charge < -0.3 is 5.32 Å². The molecule has 1 aliphatic heterocycles. The first-order chi connectivity index (χ1) is 12.0. The topological polar surface area (TPSA) is 29.1 Å². The van der Waals surface area contributed by atoms with Gasteiger partial charge in [-0.3, -0.25) is 4.79 Å². The van der Waals surface area contributed by atoms with Crippen LogP contribution in [0.1, 0.15) is 18.9 Å². The minimum atomic E-state index is -0.402. The van der Waals surface area contributed by atoms with Crippen molar-refractivity contribution in [1.29, 1.82) is 0 Å². The Morgan fingerprint density at radius 2 is 1.96 bits per heavy atom. The second-order valence-corrected chi connectivity index (χ2v) is 8.53. The Morgan fingerprint density at radius 1 is 1.24 bits per heavy atom. The summed E-state index contributed by atoms with van der Waals surface area (Å²) >= 11 is 9.14.